The smallest absolute Gasteiger partial charge is 0.261 e. The summed E-state index contributed by atoms with van der Waals surface area (Å²) in [6.45, 7) is 0. The maximum Gasteiger partial charge on any atom is 0.335 e. The van der Waals surface area contributed by atoms with E-state index in [-0.39, 0.29) is 5.01 Å². The van der Waals surface area contributed by atoms with E-state index in [4.69, 9.17) is 9.59 Å². The highest BCUT2D eigenvalue weighted by molar-refractivity contribution is 5.67. The first-order valence-corrected chi connectivity index (χ1v) is 1.11. The van der Waals surface area contributed by atoms with E-state index in [1.165, 1.54) is 0 Å². The second-order valence-corrected chi connectivity index (χ2v) is 0.553. The van der Waals surface area contributed by atoms with Crippen molar-refractivity contribution in [3.8, 4) is 0 Å². The van der Waals surface area contributed by atoms with E-state index in [1.54, 1.807) is 0 Å². The number of rotatable bonds is 2. The Morgan fingerprint density at radius 2 is 1.67 bits per heavy atom. The van der Waals surface area contributed by atoms with Crippen LogP contribution in [0.25, 0.3) is 0 Å². The maximum atomic E-state index is 9.15. The van der Waals surface area contributed by atoms with Gasteiger partial charge in [-0.3, -0.25) is 9.59 Å². The van der Waals surface area contributed by atoms with Crippen LogP contribution in [0.2, 0.25) is 0 Å². The van der Waals surface area contributed by atoms with Crippen LogP contribution in [0.5, 0.6) is 0 Å². The lowest BCUT2D eigenvalue weighted by Crippen LogP contribution is -2.26. The van der Waals surface area contributed by atoms with Crippen LogP contribution in [0.1, 0.15) is 0 Å². The zero-order valence-corrected chi connectivity index (χ0v) is 2.84. The molecule has 0 spiro atoms. The van der Waals surface area contributed by atoms with Gasteiger partial charge in [-0.05, 0) is 0 Å². The van der Waals surface area contributed by atoms with Crippen molar-refractivity contribution in [2.75, 3.05) is 0 Å². The Kier molecular flexibility index (Phi) is 1.99. The molecule has 2 amide bonds. The minimum absolute atomic E-state index is 0.139. The van der Waals surface area contributed by atoms with Crippen molar-refractivity contribution in [1.82, 2.24) is 5.01 Å². The van der Waals surface area contributed by atoms with Gasteiger partial charge in [0.1, 0.15) is 0 Å². The predicted molar refractivity (Wildman–Crippen MR) is 17.4 cm³/mol. The lowest BCUT2D eigenvalue weighted by atomic mass is 11.1. The Morgan fingerprint density at radius 3 is 1.67 bits per heavy atom. The topological polar surface area (TPSA) is 63.4 Å². The van der Waals surface area contributed by atoms with Crippen molar-refractivity contribution in [3.05, 3.63) is 0 Å². The lowest BCUT2D eigenvalue weighted by Gasteiger charge is -1.87. The van der Waals surface area contributed by atoms with E-state index in [2.05, 4.69) is 5.84 Å². The monoisotopic (exact) mass is 86.0 g/mol. The van der Waals surface area contributed by atoms with Crippen molar-refractivity contribution in [3.63, 3.8) is 0 Å². The predicted octanol–water partition coefficient (Wildman–Crippen LogP) is -1.70. The van der Waals surface area contributed by atoms with Gasteiger partial charge in [-0.15, -0.1) is 0 Å². The van der Waals surface area contributed by atoms with Crippen molar-refractivity contribution in [2.45, 2.75) is 0 Å². The van der Waals surface area contributed by atoms with Gasteiger partial charge in [0.15, 0.2) is 0 Å². The molecule has 0 aromatic carbocycles. The molecule has 0 atom stereocenters. The molecule has 0 aromatic rings. The number of carbonyl (C=O) groups excluding carboxylic acids is 2. The summed E-state index contributed by atoms with van der Waals surface area (Å²) in [4.78, 5) is 18.3. The second-order valence-electron chi connectivity index (χ2n) is 0.553. The van der Waals surface area contributed by atoms with Gasteiger partial charge in [-0.1, -0.05) is 0 Å². The van der Waals surface area contributed by atoms with E-state index in [0.717, 1.165) is 12.8 Å². The van der Waals surface area contributed by atoms with Gasteiger partial charge >= 0.3 is 12.8 Å². The Hall–Kier alpha value is -0.900. The summed E-state index contributed by atoms with van der Waals surface area (Å²) in [7, 11) is 0. The standard InChI is InChI=1S/C2H2N2O2/c3-4(1-5)2-6/h3H2. The fourth-order valence-electron chi connectivity index (χ4n) is 0.0186. The fourth-order valence-corrected chi connectivity index (χ4v) is 0.0186. The fraction of sp³-hybridized carbons (Fsp3) is 0. The van der Waals surface area contributed by atoms with E-state index < -0.39 is 0 Å². The molecule has 0 aliphatic rings. The molecule has 4 heteroatoms. The Balaban J connectivity index is 3.21. The molecular formula is C2H2N2O2. The number of hydrogen-bond donors (Lipinski definition) is 1. The summed E-state index contributed by atoms with van der Waals surface area (Å²) in [6.07, 6.45) is 2.10. The summed E-state index contributed by atoms with van der Waals surface area (Å²) in [5.74, 6) is 4.46. The Morgan fingerprint density at radius 1 is 1.33 bits per heavy atom. The van der Waals surface area contributed by atoms with Crippen molar-refractivity contribution >= 4 is 12.8 Å². The number of nitrogens with two attached hydrogens (primary N) is 1. The first-order chi connectivity index (χ1) is 2.81. The summed E-state index contributed by atoms with van der Waals surface area (Å²) < 4.78 is 0. The van der Waals surface area contributed by atoms with Crippen molar-refractivity contribution in [1.29, 1.82) is 0 Å². The molecule has 0 fully saturated rings. The van der Waals surface area contributed by atoms with Crippen molar-refractivity contribution < 1.29 is 9.59 Å². The number of hydrazine groups is 1. The van der Waals surface area contributed by atoms with E-state index >= 15 is 0 Å². The molecule has 0 aliphatic heterocycles. The van der Waals surface area contributed by atoms with E-state index in [0.29, 0.717) is 0 Å². The van der Waals surface area contributed by atoms with Gasteiger partial charge in [-0.2, -0.15) is 5.01 Å². The maximum absolute atomic E-state index is 9.15. The van der Waals surface area contributed by atoms with Crippen LogP contribution in [-0.4, -0.2) is 17.8 Å². The van der Waals surface area contributed by atoms with Crippen LogP contribution in [0.15, 0.2) is 0 Å². The third-order valence-electron chi connectivity index (χ3n) is 0.197. The van der Waals surface area contributed by atoms with Gasteiger partial charge in [-0.25, -0.2) is 5.84 Å². The summed E-state index contributed by atoms with van der Waals surface area (Å²) in [6, 6.07) is 0. The molecule has 6 heavy (non-hydrogen) atoms. The molecule has 0 aliphatic carbocycles. The molecule has 0 bridgehead atoms. The quantitative estimate of drug-likeness (QED) is 0.188. The Bertz CT molecular complexity index is 54.6. The van der Waals surface area contributed by atoms with Gasteiger partial charge in [0.25, 0.3) is 0 Å². The first-order valence-electron chi connectivity index (χ1n) is 1.11. The second kappa shape index (κ2) is 2.34. The van der Waals surface area contributed by atoms with Crippen LogP contribution in [0.3, 0.4) is 0 Å². The molecule has 2 radical (unpaired) electrons. The molecule has 32 valence electrons. The summed E-state index contributed by atoms with van der Waals surface area (Å²) >= 11 is 0. The average molecular weight is 86.0 g/mol. The minimum atomic E-state index is 0.139. The largest absolute Gasteiger partial charge is 0.335 e. The SMILES string of the molecule is NN([C]=O)[C]=O. The minimum Gasteiger partial charge on any atom is -0.261 e. The van der Waals surface area contributed by atoms with Crippen LogP contribution in [-0.2, 0) is 9.59 Å². The first kappa shape index (κ1) is 5.10. The average Bonchev–Trinajstić information content (AvgIpc) is 1.65. The molecular weight excluding hydrogens is 84.0 g/mol. The number of nitrogens with zero attached hydrogens (tertiary/aromatic N) is 1. The highest BCUT2D eigenvalue weighted by Gasteiger charge is 1.85. The van der Waals surface area contributed by atoms with Crippen LogP contribution < -0.4 is 5.84 Å². The van der Waals surface area contributed by atoms with E-state index in [1.807, 2.05) is 0 Å². The molecule has 0 aromatic heterocycles. The third kappa shape index (κ3) is 1.42. The molecule has 0 rings (SSSR count). The Labute approximate surface area is 34.5 Å². The molecule has 4 nitrogen and oxygen atoms in total. The normalized spacial score (nSPS) is 6.83. The lowest BCUT2D eigenvalue weighted by molar-refractivity contribution is 0.455. The van der Waals surface area contributed by atoms with Gasteiger partial charge < -0.3 is 0 Å². The number of imide groups is 1. The molecule has 0 unspecified atom stereocenters. The van der Waals surface area contributed by atoms with Gasteiger partial charge in [0.2, 0.25) is 0 Å². The highest BCUT2D eigenvalue weighted by atomic mass is 16.2. The van der Waals surface area contributed by atoms with Crippen molar-refractivity contribution in [2.24, 2.45) is 5.84 Å². The highest BCUT2D eigenvalue weighted by Crippen LogP contribution is 1.48. The zero-order chi connectivity index (χ0) is 4.99. The summed E-state index contributed by atoms with van der Waals surface area (Å²) in [5, 5.41) is 0.139. The van der Waals surface area contributed by atoms with Gasteiger partial charge in [0, 0.05) is 0 Å². The van der Waals surface area contributed by atoms with Gasteiger partial charge in [0.05, 0.1) is 0 Å². The number of hydrogen-bond acceptors (Lipinski definition) is 3. The zero-order valence-electron chi connectivity index (χ0n) is 2.84. The van der Waals surface area contributed by atoms with Crippen LogP contribution in [0.4, 0.5) is 0 Å². The third-order valence-corrected chi connectivity index (χ3v) is 0.197. The molecule has 2 N–H and O–H groups in total. The molecule has 0 heterocycles. The van der Waals surface area contributed by atoms with E-state index in [9.17, 15) is 0 Å². The molecule has 0 saturated heterocycles. The van der Waals surface area contributed by atoms with Crippen LogP contribution >= 0.6 is 0 Å². The summed E-state index contributed by atoms with van der Waals surface area (Å²) in [5.41, 5.74) is 0. The number of amides is 2. The van der Waals surface area contributed by atoms with Crippen LogP contribution in [0, 0.1) is 0 Å². The molecule has 0 saturated carbocycles.